The highest BCUT2D eigenvalue weighted by atomic mass is 16.6. The van der Waals surface area contributed by atoms with Gasteiger partial charge in [0.15, 0.2) is 0 Å². The Labute approximate surface area is 122 Å². The summed E-state index contributed by atoms with van der Waals surface area (Å²) in [5, 5.41) is 11.0. The number of aryl methyl sites for hydroxylation is 2. The third kappa shape index (κ3) is 3.17. The number of nitro benzene ring substituents is 1. The Kier molecular flexibility index (Phi) is 4.18. The molecule has 0 saturated carbocycles. The first-order valence-corrected chi connectivity index (χ1v) is 6.54. The third-order valence-corrected chi connectivity index (χ3v) is 3.19. The molecule has 0 spiro atoms. The van der Waals surface area contributed by atoms with Crippen LogP contribution in [0.3, 0.4) is 0 Å². The topological polar surface area (TPSA) is 91.3 Å². The molecule has 6 nitrogen and oxygen atoms in total. The van der Waals surface area contributed by atoms with Crippen LogP contribution in [0, 0.1) is 24.0 Å². The molecule has 1 heterocycles. The van der Waals surface area contributed by atoms with Crippen LogP contribution in [0.25, 0.3) is 0 Å². The van der Waals surface area contributed by atoms with Gasteiger partial charge in [-0.1, -0.05) is 6.07 Å². The van der Waals surface area contributed by atoms with Crippen LogP contribution in [-0.4, -0.2) is 9.91 Å². The van der Waals surface area contributed by atoms with E-state index in [0.717, 1.165) is 11.1 Å². The second-order valence-electron chi connectivity index (χ2n) is 4.95. The van der Waals surface area contributed by atoms with Gasteiger partial charge in [0, 0.05) is 23.4 Å². The summed E-state index contributed by atoms with van der Waals surface area (Å²) in [6.45, 7) is 5.36. The normalized spacial score (nSPS) is 12.0. The van der Waals surface area contributed by atoms with Gasteiger partial charge in [0.1, 0.15) is 5.75 Å². The van der Waals surface area contributed by atoms with Crippen LogP contribution >= 0.6 is 0 Å². The fourth-order valence-corrected chi connectivity index (χ4v) is 2.07. The average molecular weight is 287 g/mol. The van der Waals surface area contributed by atoms with E-state index in [0.29, 0.717) is 17.2 Å². The van der Waals surface area contributed by atoms with Gasteiger partial charge in [0.05, 0.1) is 11.0 Å². The van der Waals surface area contributed by atoms with Crippen molar-refractivity contribution >= 4 is 5.69 Å². The van der Waals surface area contributed by atoms with Crippen molar-refractivity contribution in [2.75, 3.05) is 0 Å². The molecule has 0 aliphatic carbocycles. The minimum absolute atomic E-state index is 0.0221. The lowest BCUT2D eigenvalue weighted by atomic mass is 10.1. The molecule has 110 valence electrons. The molecule has 0 unspecified atom stereocenters. The molecule has 2 rings (SSSR count). The third-order valence-electron chi connectivity index (χ3n) is 3.19. The molecule has 2 N–H and O–H groups in total. The van der Waals surface area contributed by atoms with Crippen molar-refractivity contribution in [1.82, 2.24) is 4.98 Å². The summed E-state index contributed by atoms with van der Waals surface area (Å²) in [6.07, 6.45) is 1.60. The Balaban J connectivity index is 2.45. The monoisotopic (exact) mass is 287 g/mol. The van der Waals surface area contributed by atoms with E-state index in [9.17, 15) is 10.1 Å². The van der Waals surface area contributed by atoms with Crippen LogP contribution in [0.1, 0.15) is 29.7 Å². The van der Waals surface area contributed by atoms with E-state index in [4.69, 9.17) is 10.5 Å². The summed E-state index contributed by atoms with van der Waals surface area (Å²) in [7, 11) is 0. The number of benzene rings is 1. The van der Waals surface area contributed by atoms with E-state index in [1.54, 1.807) is 25.3 Å². The number of rotatable bonds is 4. The van der Waals surface area contributed by atoms with Gasteiger partial charge in [0.25, 0.3) is 5.69 Å². The second-order valence-corrected chi connectivity index (χ2v) is 4.95. The lowest BCUT2D eigenvalue weighted by molar-refractivity contribution is -0.385. The van der Waals surface area contributed by atoms with Crippen LogP contribution in [0.15, 0.2) is 30.5 Å². The summed E-state index contributed by atoms with van der Waals surface area (Å²) >= 11 is 0. The largest absolute Gasteiger partial charge is 0.438 e. The molecular formula is C15H17N3O3. The van der Waals surface area contributed by atoms with E-state index in [2.05, 4.69) is 4.98 Å². The Hall–Kier alpha value is -2.47. The number of hydrogen-bond donors (Lipinski definition) is 1. The number of ether oxygens (including phenoxy) is 1. The standard InChI is InChI=1S/C15H17N3O3/c1-9-7-10(2)14(8-13(9)18(19)20)21-15-12(11(3)16)5-4-6-17-15/h4-8,11H,16H2,1-3H3/t11-/m0/s1. The number of nitrogens with zero attached hydrogens (tertiary/aromatic N) is 2. The number of hydrogen-bond acceptors (Lipinski definition) is 5. The minimum atomic E-state index is -0.424. The molecular weight excluding hydrogens is 270 g/mol. The van der Waals surface area contributed by atoms with Crippen molar-refractivity contribution in [2.24, 2.45) is 5.73 Å². The first-order chi connectivity index (χ1) is 9.90. The predicted molar refractivity (Wildman–Crippen MR) is 79.5 cm³/mol. The highest BCUT2D eigenvalue weighted by Gasteiger charge is 2.17. The smallest absolute Gasteiger partial charge is 0.276 e. The van der Waals surface area contributed by atoms with Gasteiger partial charge >= 0.3 is 0 Å². The van der Waals surface area contributed by atoms with Gasteiger partial charge < -0.3 is 10.5 Å². The Morgan fingerprint density at radius 3 is 2.67 bits per heavy atom. The maximum atomic E-state index is 11.0. The molecule has 0 aliphatic heterocycles. The van der Waals surface area contributed by atoms with Gasteiger partial charge in [0.2, 0.25) is 5.88 Å². The summed E-state index contributed by atoms with van der Waals surface area (Å²) in [4.78, 5) is 14.8. The Morgan fingerprint density at radius 1 is 1.33 bits per heavy atom. The van der Waals surface area contributed by atoms with Gasteiger partial charge in [-0.2, -0.15) is 0 Å². The van der Waals surface area contributed by atoms with E-state index < -0.39 is 4.92 Å². The van der Waals surface area contributed by atoms with Crippen LogP contribution in [-0.2, 0) is 0 Å². The molecule has 0 saturated heterocycles. The molecule has 1 atom stereocenters. The second kappa shape index (κ2) is 5.88. The average Bonchev–Trinajstić information content (AvgIpc) is 2.41. The number of aromatic nitrogens is 1. The van der Waals surface area contributed by atoms with Gasteiger partial charge in [-0.3, -0.25) is 10.1 Å². The molecule has 1 aromatic carbocycles. The first kappa shape index (κ1) is 14.9. The number of nitrogens with two attached hydrogens (primary N) is 1. The quantitative estimate of drug-likeness (QED) is 0.687. The van der Waals surface area contributed by atoms with Crippen molar-refractivity contribution in [3.05, 3.63) is 57.3 Å². The van der Waals surface area contributed by atoms with Crippen LogP contribution in [0.4, 0.5) is 5.69 Å². The van der Waals surface area contributed by atoms with Crippen LogP contribution < -0.4 is 10.5 Å². The number of nitro groups is 1. The van der Waals surface area contributed by atoms with E-state index in [-0.39, 0.29) is 11.7 Å². The maximum Gasteiger partial charge on any atom is 0.276 e. The fraction of sp³-hybridized carbons (Fsp3) is 0.267. The van der Waals surface area contributed by atoms with Crippen molar-refractivity contribution in [1.29, 1.82) is 0 Å². The molecule has 1 aromatic heterocycles. The van der Waals surface area contributed by atoms with Crippen molar-refractivity contribution < 1.29 is 9.66 Å². The highest BCUT2D eigenvalue weighted by molar-refractivity contribution is 5.51. The Morgan fingerprint density at radius 2 is 2.05 bits per heavy atom. The zero-order chi connectivity index (χ0) is 15.6. The molecule has 0 aliphatic rings. The SMILES string of the molecule is Cc1cc(C)c([N+](=O)[O-])cc1Oc1ncccc1[C@H](C)N. The fourth-order valence-electron chi connectivity index (χ4n) is 2.07. The van der Waals surface area contributed by atoms with E-state index in [1.165, 1.54) is 6.07 Å². The molecule has 6 heteroatoms. The summed E-state index contributed by atoms with van der Waals surface area (Å²) in [5.74, 6) is 0.779. The molecule has 0 radical (unpaired) electrons. The van der Waals surface area contributed by atoms with Gasteiger partial charge in [-0.25, -0.2) is 4.98 Å². The summed E-state index contributed by atoms with van der Waals surface area (Å²) in [6, 6.07) is 6.50. The van der Waals surface area contributed by atoms with E-state index >= 15 is 0 Å². The lowest BCUT2D eigenvalue weighted by Crippen LogP contribution is -2.07. The lowest BCUT2D eigenvalue weighted by Gasteiger charge is -2.14. The van der Waals surface area contributed by atoms with Crippen molar-refractivity contribution in [2.45, 2.75) is 26.8 Å². The van der Waals surface area contributed by atoms with Gasteiger partial charge in [-0.15, -0.1) is 0 Å². The minimum Gasteiger partial charge on any atom is -0.438 e. The Bertz CT molecular complexity index is 684. The van der Waals surface area contributed by atoms with Gasteiger partial charge in [-0.05, 0) is 38.5 Å². The summed E-state index contributed by atoms with van der Waals surface area (Å²) in [5.41, 5.74) is 8.05. The zero-order valence-electron chi connectivity index (χ0n) is 12.2. The summed E-state index contributed by atoms with van der Waals surface area (Å²) < 4.78 is 5.75. The molecule has 0 bridgehead atoms. The molecule has 21 heavy (non-hydrogen) atoms. The van der Waals surface area contributed by atoms with Crippen molar-refractivity contribution in [3.8, 4) is 11.6 Å². The van der Waals surface area contributed by atoms with E-state index in [1.807, 2.05) is 19.9 Å². The highest BCUT2D eigenvalue weighted by Crippen LogP contribution is 2.33. The zero-order valence-corrected chi connectivity index (χ0v) is 12.2. The number of pyridine rings is 1. The molecule has 0 amide bonds. The van der Waals surface area contributed by atoms with Crippen molar-refractivity contribution in [3.63, 3.8) is 0 Å². The molecule has 0 fully saturated rings. The maximum absolute atomic E-state index is 11.0. The van der Waals surface area contributed by atoms with Crippen LogP contribution in [0.2, 0.25) is 0 Å². The van der Waals surface area contributed by atoms with Crippen LogP contribution in [0.5, 0.6) is 11.6 Å². The predicted octanol–water partition coefficient (Wildman–Crippen LogP) is 3.42. The molecule has 2 aromatic rings. The first-order valence-electron chi connectivity index (χ1n) is 6.54.